The number of hydrogen-bond donors (Lipinski definition) is 0. The maximum Gasteiger partial charge on any atom is 0.0668 e. The monoisotopic (exact) mass is 333 g/mol. The molecule has 0 saturated heterocycles. The van der Waals surface area contributed by atoms with Crippen LogP contribution in [0.5, 0.6) is 0 Å². The first kappa shape index (κ1) is 19.3. The molecule has 0 fully saturated rings. The fourth-order valence-electron chi connectivity index (χ4n) is 4.07. The zero-order valence-corrected chi connectivity index (χ0v) is 15.7. The van der Waals surface area contributed by atoms with Gasteiger partial charge in [-0.2, -0.15) is 5.26 Å². The van der Waals surface area contributed by atoms with Crippen LogP contribution >= 0.6 is 0 Å². The van der Waals surface area contributed by atoms with E-state index in [9.17, 15) is 5.26 Å². The minimum absolute atomic E-state index is 0.00364. The highest BCUT2D eigenvalue weighted by atomic mass is 14.4. The summed E-state index contributed by atoms with van der Waals surface area (Å²) >= 11 is 0. The third kappa shape index (κ3) is 4.51. The number of rotatable bonds is 10. The molecule has 132 valence electrons. The van der Waals surface area contributed by atoms with Crippen molar-refractivity contribution in [1.29, 1.82) is 5.26 Å². The fourth-order valence-corrected chi connectivity index (χ4v) is 4.07. The molecule has 0 N–H and O–H groups in total. The molecule has 25 heavy (non-hydrogen) atoms. The topological polar surface area (TPSA) is 23.8 Å². The summed E-state index contributed by atoms with van der Waals surface area (Å²) < 4.78 is 0. The first-order valence-electron chi connectivity index (χ1n) is 9.80. The van der Waals surface area contributed by atoms with Crippen LogP contribution in [-0.2, 0) is 5.41 Å². The third-order valence-electron chi connectivity index (χ3n) is 5.48. The van der Waals surface area contributed by atoms with Crippen LogP contribution in [0, 0.1) is 17.2 Å². The van der Waals surface area contributed by atoms with Crippen molar-refractivity contribution < 1.29 is 0 Å². The normalized spacial score (nSPS) is 12.5. The number of unbranched alkanes of at least 4 members (excludes halogenated alkanes) is 4. The molecule has 2 aromatic carbocycles. The van der Waals surface area contributed by atoms with Gasteiger partial charge in [-0.25, -0.2) is 0 Å². The van der Waals surface area contributed by atoms with Crippen LogP contribution in [0.25, 0.3) is 0 Å². The number of hydrogen-bond acceptors (Lipinski definition) is 1. The lowest BCUT2D eigenvalue weighted by molar-refractivity contribution is 0.345. The summed E-state index contributed by atoms with van der Waals surface area (Å²) in [5, 5.41) is 10.1. The van der Waals surface area contributed by atoms with E-state index in [2.05, 4.69) is 80.6 Å². The molecular formula is C24H31N. The molecule has 0 bridgehead atoms. The summed E-state index contributed by atoms with van der Waals surface area (Å²) in [7, 11) is 0. The lowest BCUT2D eigenvalue weighted by atomic mass is 9.63. The Balaban J connectivity index is 2.35. The highest BCUT2D eigenvalue weighted by Gasteiger charge is 2.40. The summed E-state index contributed by atoms with van der Waals surface area (Å²) in [6.07, 6.45) is 8.12. The Labute approximate surface area is 153 Å². The van der Waals surface area contributed by atoms with Crippen LogP contribution in [0.1, 0.15) is 69.9 Å². The van der Waals surface area contributed by atoms with Crippen molar-refractivity contribution in [1.82, 2.24) is 0 Å². The van der Waals surface area contributed by atoms with Gasteiger partial charge >= 0.3 is 0 Å². The highest BCUT2D eigenvalue weighted by Crippen LogP contribution is 2.44. The van der Waals surface area contributed by atoms with Crippen LogP contribution in [-0.4, -0.2) is 0 Å². The minimum Gasteiger partial charge on any atom is -0.198 e. The lowest BCUT2D eigenvalue weighted by Crippen LogP contribution is -2.35. The Morgan fingerprint density at radius 3 is 1.76 bits per heavy atom. The Hall–Kier alpha value is -2.07. The van der Waals surface area contributed by atoms with E-state index in [0.29, 0.717) is 0 Å². The summed E-state index contributed by atoms with van der Waals surface area (Å²) in [5.41, 5.74) is 2.31. The third-order valence-corrected chi connectivity index (χ3v) is 5.48. The second kappa shape index (κ2) is 10.0. The Bertz CT molecular complexity index is 599. The van der Waals surface area contributed by atoms with Gasteiger partial charge in [0.2, 0.25) is 0 Å². The Morgan fingerprint density at radius 1 is 0.800 bits per heavy atom. The standard InChI is InChI=1S/C24H31N/c1-3-5-6-7-10-19-23(20-25)24(4-2,21-15-11-8-12-16-21)22-17-13-9-14-18-22/h8-9,11-18,23H,3-7,10,19H2,1-2H3. The van der Waals surface area contributed by atoms with E-state index >= 15 is 0 Å². The first-order valence-corrected chi connectivity index (χ1v) is 9.80. The van der Waals surface area contributed by atoms with Gasteiger partial charge in [-0.05, 0) is 24.0 Å². The summed E-state index contributed by atoms with van der Waals surface area (Å²) in [5.74, 6) is 0.00364. The maximum atomic E-state index is 10.1. The molecule has 1 heteroatoms. The average molecular weight is 334 g/mol. The Kier molecular flexibility index (Phi) is 7.74. The summed E-state index contributed by atoms with van der Waals surface area (Å²) in [6, 6.07) is 23.9. The van der Waals surface area contributed by atoms with Gasteiger partial charge in [0, 0.05) is 5.41 Å². The average Bonchev–Trinajstić information content (AvgIpc) is 2.69. The van der Waals surface area contributed by atoms with E-state index in [4.69, 9.17) is 0 Å². The smallest absolute Gasteiger partial charge is 0.0668 e. The van der Waals surface area contributed by atoms with Gasteiger partial charge in [0.1, 0.15) is 0 Å². The molecule has 1 atom stereocenters. The highest BCUT2D eigenvalue weighted by molar-refractivity contribution is 5.42. The van der Waals surface area contributed by atoms with Crippen molar-refractivity contribution >= 4 is 0 Å². The second-order valence-electron chi connectivity index (χ2n) is 6.94. The van der Waals surface area contributed by atoms with E-state index < -0.39 is 0 Å². The predicted molar refractivity (Wildman–Crippen MR) is 106 cm³/mol. The van der Waals surface area contributed by atoms with E-state index in [1.54, 1.807) is 0 Å². The number of nitriles is 1. The molecule has 2 aromatic rings. The molecule has 0 amide bonds. The van der Waals surface area contributed by atoms with Crippen molar-refractivity contribution in [3.8, 4) is 6.07 Å². The summed E-state index contributed by atoms with van der Waals surface area (Å²) in [6.45, 7) is 4.46. The van der Waals surface area contributed by atoms with Gasteiger partial charge in [-0.15, -0.1) is 0 Å². The molecule has 0 radical (unpaired) electrons. The fraction of sp³-hybridized carbons (Fsp3) is 0.458. The van der Waals surface area contributed by atoms with Gasteiger partial charge in [-0.1, -0.05) is 107 Å². The molecule has 0 heterocycles. The SMILES string of the molecule is CCCCCCCC(C#N)C(CC)(c1ccccc1)c1ccccc1. The van der Waals surface area contributed by atoms with Gasteiger partial charge in [-0.3, -0.25) is 0 Å². The van der Waals surface area contributed by atoms with E-state index in [1.165, 1.54) is 36.8 Å². The molecule has 0 aliphatic carbocycles. The maximum absolute atomic E-state index is 10.1. The van der Waals surface area contributed by atoms with Crippen LogP contribution in [0.15, 0.2) is 60.7 Å². The zero-order valence-electron chi connectivity index (χ0n) is 15.7. The van der Waals surface area contributed by atoms with E-state index in [0.717, 1.165) is 19.3 Å². The van der Waals surface area contributed by atoms with Crippen molar-refractivity contribution in [2.75, 3.05) is 0 Å². The number of nitrogens with zero attached hydrogens (tertiary/aromatic N) is 1. The van der Waals surface area contributed by atoms with Gasteiger partial charge in [0.05, 0.1) is 12.0 Å². The van der Waals surface area contributed by atoms with Crippen molar-refractivity contribution in [3.05, 3.63) is 71.8 Å². The van der Waals surface area contributed by atoms with Gasteiger partial charge < -0.3 is 0 Å². The van der Waals surface area contributed by atoms with Gasteiger partial charge in [0.15, 0.2) is 0 Å². The van der Waals surface area contributed by atoms with Crippen LogP contribution in [0.4, 0.5) is 0 Å². The molecule has 0 aromatic heterocycles. The Morgan fingerprint density at radius 2 is 1.32 bits per heavy atom. The molecule has 1 unspecified atom stereocenters. The first-order chi connectivity index (χ1) is 12.3. The predicted octanol–water partition coefficient (Wildman–Crippen LogP) is 6.88. The van der Waals surface area contributed by atoms with Crippen LogP contribution in [0.2, 0.25) is 0 Å². The largest absolute Gasteiger partial charge is 0.198 e. The quantitative estimate of drug-likeness (QED) is 0.435. The van der Waals surface area contributed by atoms with E-state index in [1.807, 2.05) is 0 Å². The van der Waals surface area contributed by atoms with Crippen molar-refractivity contribution in [3.63, 3.8) is 0 Å². The molecule has 0 spiro atoms. The van der Waals surface area contributed by atoms with Gasteiger partial charge in [0.25, 0.3) is 0 Å². The van der Waals surface area contributed by atoms with Crippen LogP contribution in [0.3, 0.4) is 0 Å². The van der Waals surface area contributed by atoms with Crippen LogP contribution < -0.4 is 0 Å². The molecule has 2 rings (SSSR count). The molecule has 0 aliphatic heterocycles. The summed E-state index contributed by atoms with van der Waals surface area (Å²) in [4.78, 5) is 0. The van der Waals surface area contributed by atoms with Crippen molar-refractivity contribution in [2.24, 2.45) is 5.92 Å². The lowest BCUT2D eigenvalue weighted by Gasteiger charge is -2.38. The van der Waals surface area contributed by atoms with Crippen molar-refractivity contribution in [2.45, 2.75) is 64.2 Å². The molecular weight excluding hydrogens is 302 g/mol. The second-order valence-corrected chi connectivity index (χ2v) is 6.94. The molecule has 1 nitrogen and oxygen atoms in total. The zero-order chi connectivity index (χ0) is 18.0. The molecule has 0 saturated carbocycles. The van der Waals surface area contributed by atoms with E-state index in [-0.39, 0.29) is 11.3 Å². The molecule has 0 aliphatic rings. The minimum atomic E-state index is -0.220. The number of benzene rings is 2.